The van der Waals surface area contributed by atoms with Crippen LogP contribution in [0.5, 0.6) is 0 Å². The minimum absolute atomic E-state index is 0.0869. The second-order valence-corrected chi connectivity index (χ2v) is 5.81. The van der Waals surface area contributed by atoms with Gasteiger partial charge in [-0.25, -0.2) is 0 Å². The summed E-state index contributed by atoms with van der Waals surface area (Å²) in [5.74, 6) is 0. The Morgan fingerprint density at radius 1 is 1.42 bits per heavy atom. The number of aromatic nitrogens is 1. The summed E-state index contributed by atoms with van der Waals surface area (Å²) < 4.78 is 1.79. The smallest absolute Gasteiger partial charge is 0.250 e. The first kappa shape index (κ1) is 14.3. The zero-order valence-electron chi connectivity index (χ0n) is 12.2. The van der Waals surface area contributed by atoms with E-state index in [1.807, 2.05) is 12.3 Å². The molecule has 1 aromatic heterocycles. The van der Waals surface area contributed by atoms with Crippen molar-refractivity contribution in [1.29, 1.82) is 0 Å². The summed E-state index contributed by atoms with van der Waals surface area (Å²) in [6.07, 6.45) is 2.99. The van der Waals surface area contributed by atoms with Crippen LogP contribution >= 0.6 is 0 Å². The SMILES string of the molecule is CCC1(C)CNC(C)CN1CCn1ccccc1=O. The Kier molecular flexibility index (Phi) is 4.42. The molecule has 0 radical (unpaired) electrons. The highest BCUT2D eigenvalue weighted by atomic mass is 16.1. The second-order valence-electron chi connectivity index (χ2n) is 5.81. The molecule has 2 rings (SSSR count). The summed E-state index contributed by atoms with van der Waals surface area (Å²) in [6, 6.07) is 5.86. The number of hydrogen-bond acceptors (Lipinski definition) is 3. The van der Waals surface area contributed by atoms with Crippen LogP contribution in [0, 0.1) is 0 Å². The molecule has 0 aliphatic carbocycles. The normalized spacial score (nSPS) is 28.5. The molecule has 4 nitrogen and oxygen atoms in total. The van der Waals surface area contributed by atoms with Crippen LogP contribution < -0.4 is 10.9 Å². The maximum atomic E-state index is 11.7. The molecule has 4 heteroatoms. The van der Waals surface area contributed by atoms with Gasteiger partial charge in [-0.2, -0.15) is 0 Å². The summed E-state index contributed by atoms with van der Waals surface area (Å²) in [7, 11) is 0. The molecule has 2 heterocycles. The highest BCUT2D eigenvalue weighted by molar-refractivity contribution is 4.96. The van der Waals surface area contributed by atoms with Gasteiger partial charge in [0.2, 0.25) is 0 Å². The molecule has 0 bridgehead atoms. The van der Waals surface area contributed by atoms with Crippen LogP contribution in [-0.4, -0.2) is 40.7 Å². The van der Waals surface area contributed by atoms with Crippen LogP contribution in [0.25, 0.3) is 0 Å². The van der Waals surface area contributed by atoms with Crippen molar-refractivity contribution in [1.82, 2.24) is 14.8 Å². The van der Waals surface area contributed by atoms with Crippen LogP contribution in [0.3, 0.4) is 0 Å². The van der Waals surface area contributed by atoms with Crippen molar-refractivity contribution in [2.45, 2.75) is 45.3 Å². The third kappa shape index (κ3) is 3.25. The van der Waals surface area contributed by atoms with Gasteiger partial charge in [0.25, 0.3) is 5.56 Å². The first-order valence-corrected chi connectivity index (χ1v) is 7.19. The van der Waals surface area contributed by atoms with E-state index >= 15 is 0 Å². The van der Waals surface area contributed by atoms with Crippen LogP contribution in [0.1, 0.15) is 27.2 Å². The molecule has 1 N–H and O–H groups in total. The van der Waals surface area contributed by atoms with E-state index in [-0.39, 0.29) is 11.1 Å². The molecule has 2 unspecified atom stereocenters. The molecule has 0 aromatic carbocycles. The maximum Gasteiger partial charge on any atom is 0.250 e. The Labute approximate surface area is 115 Å². The van der Waals surface area contributed by atoms with Gasteiger partial charge in [-0.3, -0.25) is 9.69 Å². The Balaban J connectivity index is 2.04. The molecule has 1 saturated heterocycles. The molecule has 106 valence electrons. The number of pyridine rings is 1. The van der Waals surface area contributed by atoms with E-state index in [2.05, 4.69) is 31.0 Å². The fraction of sp³-hybridized carbons (Fsp3) is 0.667. The highest BCUT2D eigenvalue weighted by Crippen LogP contribution is 2.22. The van der Waals surface area contributed by atoms with Gasteiger partial charge in [0, 0.05) is 50.0 Å². The molecule has 1 fully saturated rings. The van der Waals surface area contributed by atoms with E-state index in [0.717, 1.165) is 32.6 Å². The van der Waals surface area contributed by atoms with Gasteiger partial charge < -0.3 is 9.88 Å². The lowest BCUT2D eigenvalue weighted by Gasteiger charge is -2.47. The van der Waals surface area contributed by atoms with Gasteiger partial charge in [-0.05, 0) is 26.3 Å². The lowest BCUT2D eigenvalue weighted by atomic mass is 9.92. The van der Waals surface area contributed by atoms with Crippen LogP contribution in [0.15, 0.2) is 29.2 Å². The minimum Gasteiger partial charge on any atom is -0.314 e. The second kappa shape index (κ2) is 5.88. The predicted molar refractivity (Wildman–Crippen MR) is 78.4 cm³/mol. The molecule has 1 aliphatic rings. The average Bonchev–Trinajstić information content (AvgIpc) is 2.41. The van der Waals surface area contributed by atoms with Gasteiger partial charge >= 0.3 is 0 Å². The van der Waals surface area contributed by atoms with Crippen LogP contribution in [-0.2, 0) is 6.54 Å². The van der Waals surface area contributed by atoms with Gasteiger partial charge in [0.1, 0.15) is 0 Å². The number of hydrogen-bond donors (Lipinski definition) is 1. The summed E-state index contributed by atoms with van der Waals surface area (Å²) in [5.41, 5.74) is 0.286. The van der Waals surface area contributed by atoms with E-state index in [1.165, 1.54) is 0 Å². The van der Waals surface area contributed by atoms with Crippen LogP contribution in [0.4, 0.5) is 0 Å². The van der Waals surface area contributed by atoms with Crippen molar-refractivity contribution in [2.75, 3.05) is 19.6 Å². The first-order chi connectivity index (χ1) is 9.05. The number of rotatable bonds is 4. The van der Waals surface area contributed by atoms with Gasteiger partial charge in [0.15, 0.2) is 0 Å². The van der Waals surface area contributed by atoms with E-state index in [9.17, 15) is 4.79 Å². The third-order valence-electron chi connectivity index (χ3n) is 4.36. The number of nitrogens with one attached hydrogen (secondary N) is 1. The van der Waals surface area contributed by atoms with Gasteiger partial charge in [-0.1, -0.05) is 13.0 Å². The molecular weight excluding hydrogens is 238 g/mol. The zero-order valence-corrected chi connectivity index (χ0v) is 12.2. The Bertz CT molecular complexity index is 470. The first-order valence-electron chi connectivity index (χ1n) is 7.19. The predicted octanol–water partition coefficient (Wildman–Crippen LogP) is 1.31. The topological polar surface area (TPSA) is 37.3 Å². The summed E-state index contributed by atoms with van der Waals surface area (Å²) >= 11 is 0. The zero-order chi connectivity index (χ0) is 13.9. The molecule has 0 amide bonds. The van der Waals surface area contributed by atoms with Gasteiger partial charge in [-0.15, -0.1) is 0 Å². The number of nitrogens with zero attached hydrogens (tertiary/aromatic N) is 2. The maximum absolute atomic E-state index is 11.7. The van der Waals surface area contributed by atoms with Crippen LogP contribution in [0.2, 0.25) is 0 Å². The lowest BCUT2D eigenvalue weighted by molar-refractivity contribution is 0.0493. The molecule has 0 saturated carbocycles. The monoisotopic (exact) mass is 263 g/mol. The Morgan fingerprint density at radius 2 is 2.21 bits per heavy atom. The average molecular weight is 263 g/mol. The van der Waals surface area contributed by atoms with Crippen molar-refractivity contribution < 1.29 is 0 Å². The minimum atomic E-state index is 0.0869. The fourth-order valence-corrected chi connectivity index (χ4v) is 2.71. The molecule has 0 spiro atoms. The lowest BCUT2D eigenvalue weighted by Crippen LogP contribution is -2.62. The quantitative estimate of drug-likeness (QED) is 0.890. The fourth-order valence-electron chi connectivity index (χ4n) is 2.71. The summed E-state index contributed by atoms with van der Waals surface area (Å²) in [6.45, 7) is 10.5. The summed E-state index contributed by atoms with van der Waals surface area (Å²) in [4.78, 5) is 14.2. The highest BCUT2D eigenvalue weighted by Gasteiger charge is 2.34. The Hall–Kier alpha value is -1.13. The van der Waals surface area contributed by atoms with E-state index in [4.69, 9.17) is 0 Å². The largest absolute Gasteiger partial charge is 0.314 e. The Morgan fingerprint density at radius 3 is 2.89 bits per heavy atom. The standard InChI is InChI=1S/C15H25N3O/c1-4-15(3)12-16-13(2)11-18(15)10-9-17-8-6-5-7-14(17)19/h5-8,13,16H,4,9-12H2,1-3H3. The van der Waals surface area contributed by atoms with Crippen molar-refractivity contribution in [3.05, 3.63) is 34.7 Å². The van der Waals surface area contributed by atoms with Crippen molar-refractivity contribution in [2.24, 2.45) is 0 Å². The number of piperazine rings is 1. The molecule has 2 atom stereocenters. The molecule has 1 aromatic rings. The van der Waals surface area contributed by atoms with Crippen molar-refractivity contribution in [3.63, 3.8) is 0 Å². The molecule has 1 aliphatic heterocycles. The van der Waals surface area contributed by atoms with Gasteiger partial charge in [0.05, 0.1) is 0 Å². The van der Waals surface area contributed by atoms with Crippen molar-refractivity contribution in [3.8, 4) is 0 Å². The third-order valence-corrected chi connectivity index (χ3v) is 4.36. The van der Waals surface area contributed by atoms with E-state index < -0.39 is 0 Å². The molecule has 19 heavy (non-hydrogen) atoms. The van der Waals surface area contributed by atoms with E-state index in [1.54, 1.807) is 16.7 Å². The molecular formula is C15H25N3O. The van der Waals surface area contributed by atoms with Crippen molar-refractivity contribution >= 4 is 0 Å². The van der Waals surface area contributed by atoms with E-state index in [0.29, 0.717) is 6.04 Å². The summed E-state index contributed by atoms with van der Waals surface area (Å²) in [5, 5.41) is 3.55.